The second-order valence-electron chi connectivity index (χ2n) is 9.01. The molecule has 1 fully saturated rings. The quantitative estimate of drug-likeness (QED) is 0.242. The minimum Gasteiger partial charge on any atom is -0.495 e. The Bertz CT molecular complexity index is 1390. The standard InChI is InChI=1S/C27H25BrN6O2/c1-35-24-12-20-22(31-16-27(20)9-10-27)13-23(24)33-26-30-14-21(28)25(34-26)32-17-5-7-19(8-6-17)36-15-18-4-2-3-11-29-18/h2-8,11-14,31H,9-10,15-16H2,1H3,(H2,30,32,33,34). The van der Waals surface area contributed by atoms with Crippen molar-refractivity contribution >= 4 is 44.8 Å². The number of anilines is 5. The highest BCUT2D eigenvalue weighted by Crippen LogP contribution is 2.56. The molecule has 0 saturated heterocycles. The van der Waals surface area contributed by atoms with Crippen LogP contribution in [0.2, 0.25) is 0 Å². The van der Waals surface area contributed by atoms with E-state index in [1.165, 1.54) is 18.4 Å². The number of fused-ring (bicyclic) bond motifs is 2. The Morgan fingerprint density at radius 1 is 1.06 bits per heavy atom. The fourth-order valence-electron chi connectivity index (χ4n) is 4.44. The van der Waals surface area contributed by atoms with Crippen molar-refractivity contribution in [2.45, 2.75) is 24.9 Å². The lowest BCUT2D eigenvalue weighted by atomic mass is 9.98. The number of pyridine rings is 1. The Kier molecular flexibility index (Phi) is 5.85. The number of nitrogens with one attached hydrogen (secondary N) is 3. The Labute approximate surface area is 217 Å². The summed E-state index contributed by atoms with van der Waals surface area (Å²) < 4.78 is 12.3. The lowest BCUT2D eigenvalue weighted by Gasteiger charge is -2.15. The first-order valence-corrected chi connectivity index (χ1v) is 12.6. The van der Waals surface area contributed by atoms with E-state index in [4.69, 9.17) is 9.47 Å². The van der Waals surface area contributed by atoms with Crippen molar-refractivity contribution in [3.05, 3.63) is 82.7 Å². The van der Waals surface area contributed by atoms with Crippen LogP contribution in [0, 0.1) is 0 Å². The fraction of sp³-hybridized carbons (Fsp3) is 0.222. The topological polar surface area (TPSA) is 93.2 Å². The van der Waals surface area contributed by atoms with Gasteiger partial charge in [-0.15, -0.1) is 0 Å². The third kappa shape index (κ3) is 4.54. The number of ether oxygens (including phenoxy) is 2. The van der Waals surface area contributed by atoms with Gasteiger partial charge in [0.1, 0.15) is 23.9 Å². The van der Waals surface area contributed by atoms with Crippen molar-refractivity contribution in [3.63, 3.8) is 0 Å². The Hall–Kier alpha value is -3.85. The van der Waals surface area contributed by atoms with E-state index in [2.05, 4.69) is 59.0 Å². The van der Waals surface area contributed by atoms with E-state index < -0.39 is 0 Å². The molecule has 36 heavy (non-hydrogen) atoms. The van der Waals surface area contributed by atoms with Crippen molar-refractivity contribution < 1.29 is 9.47 Å². The smallest absolute Gasteiger partial charge is 0.229 e. The second kappa shape index (κ2) is 9.31. The maximum absolute atomic E-state index is 5.82. The molecule has 0 amide bonds. The number of aromatic nitrogens is 3. The third-order valence-corrected chi connectivity index (χ3v) is 7.18. The highest BCUT2D eigenvalue weighted by molar-refractivity contribution is 9.10. The van der Waals surface area contributed by atoms with Gasteiger partial charge in [-0.3, -0.25) is 4.98 Å². The Morgan fingerprint density at radius 2 is 1.92 bits per heavy atom. The van der Waals surface area contributed by atoms with Gasteiger partial charge in [0.05, 0.1) is 23.0 Å². The molecule has 3 heterocycles. The SMILES string of the molecule is COc1cc2c(cc1Nc1ncc(Br)c(Nc3ccc(OCc4ccccn4)cc3)n1)NCC21CC1. The molecule has 2 aromatic carbocycles. The summed E-state index contributed by atoms with van der Waals surface area (Å²) in [6.07, 6.45) is 5.93. The molecule has 2 aliphatic rings. The molecule has 8 nitrogen and oxygen atoms in total. The summed E-state index contributed by atoms with van der Waals surface area (Å²) >= 11 is 3.55. The first-order chi connectivity index (χ1) is 17.6. The zero-order valence-electron chi connectivity index (χ0n) is 19.7. The summed E-state index contributed by atoms with van der Waals surface area (Å²) in [7, 11) is 1.69. The van der Waals surface area contributed by atoms with Gasteiger partial charge in [-0.2, -0.15) is 4.98 Å². The molecule has 0 radical (unpaired) electrons. The maximum atomic E-state index is 5.82. The summed E-state index contributed by atoms with van der Waals surface area (Å²) in [4.78, 5) is 13.4. The number of rotatable bonds is 8. The highest BCUT2D eigenvalue weighted by atomic mass is 79.9. The third-order valence-electron chi connectivity index (χ3n) is 6.60. The van der Waals surface area contributed by atoms with Crippen LogP contribution in [0.5, 0.6) is 11.5 Å². The number of methoxy groups -OCH3 is 1. The van der Waals surface area contributed by atoms with Crippen molar-refractivity contribution in [1.29, 1.82) is 0 Å². The molecule has 1 saturated carbocycles. The fourth-order valence-corrected chi connectivity index (χ4v) is 4.73. The van der Waals surface area contributed by atoms with Crippen LogP contribution in [0.25, 0.3) is 0 Å². The molecule has 0 atom stereocenters. The minimum atomic E-state index is 0.297. The van der Waals surface area contributed by atoms with E-state index >= 15 is 0 Å². The Morgan fingerprint density at radius 3 is 2.67 bits per heavy atom. The number of halogens is 1. The van der Waals surface area contributed by atoms with Gasteiger partial charge in [0.2, 0.25) is 5.95 Å². The van der Waals surface area contributed by atoms with Crippen LogP contribution in [0.3, 0.4) is 0 Å². The zero-order valence-corrected chi connectivity index (χ0v) is 21.3. The molecule has 2 aromatic heterocycles. The second-order valence-corrected chi connectivity index (χ2v) is 9.86. The summed E-state index contributed by atoms with van der Waals surface area (Å²) in [6, 6.07) is 17.7. The molecular weight excluding hydrogens is 520 g/mol. The zero-order chi connectivity index (χ0) is 24.5. The lowest BCUT2D eigenvalue weighted by molar-refractivity contribution is 0.301. The van der Waals surface area contributed by atoms with Crippen molar-refractivity contribution in [2.24, 2.45) is 0 Å². The van der Waals surface area contributed by atoms with Crippen molar-refractivity contribution in [2.75, 3.05) is 29.6 Å². The summed E-state index contributed by atoms with van der Waals surface area (Å²) in [5, 5.41) is 10.2. The summed E-state index contributed by atoms with van der Waals surface area (Å²) in [6.45, 7) is 1.41. The van der Waals surface area contributed by atoms with E-state index in [1.54, 1.807) is 19.5 Å². The predicted octanol–water partition coefficient (Wildman–Crippen LogP) is 6.17. The van der Waals surface area contributed by atoms with Crippen LogP contribution < -0.4 is 25.4 Å². The highest BCUT2D eigenvalue weighted by Gasteiger charge is 2.49. The van der Waals surface area contributed by atoms with Crippen LogP contribution >= 0.6 is 15.9 Å². The van der Waals surface area contributed by atoms with Gasteiger partial charge in [0.15, 0.2) is 0 Å². The molecule has 9 heteroatoms. The van der Waals surface area contributed by atoms with Gasteiger partial charge in [-0.25, -0.2) is 4.98 Å². The van der Waals surface area contributed by atoms with Crippen molar-refractivity contribution in [3.8, 4) is 11.5 Å². The lowest BCUT2D eigenvalue weighted by Crippen LogP contribution is -2.08. The monoisotopic (exact) mass is 544 g/mol. The van der Waals surface area contributed by atoms with E-state index in [0.29, 0.717) is 23.8 Å². The first-order valence-electron chi connectivity index (χ1n) is 11.8. The van der Waals surface area contributed by atoms with Crippen molar-refractivity contribution in [1.82, 2.24) is 15.0 Å². The number of hydrogen-bond donors (Lipinski definition) is 3. The van der Waals surface area contributed by atoms with Gasteiger partial charge < -0.3 is 25.4 Å². The van der Waals surface area contributed by atoms with Crippen LogP contribution in [-0.4, -0.2) is 28.6 Å². The number of benzene rings is 2. The molecule has 4 aromatic rings. The average Bonchev–Trinajstić information content (AvgIpc) is 3.62. The van der Waals surface area contributed by atoms with E-state index in [-0.39, 0.29) is 0 Å². The number of hydrogen-bond acceptors (Lipinski definition) is 8. The van der Waals surface area contributed by atoms with Gasteiger partial charge in [0, 0.05) is 35.7 Å². The molecule has 3 N–H and O–H groups in total. The van der Waals surface area contributed by atoms with E-state index in [0.717, 1.165) is 45.3 Å². The minimum absolute atomic E-state index is 0.297. The van der Waals surface area contributed by atoms with E-state index in [9.17, 15) is 0 Å². The van der Waals surface area contributed by atoms with Gasteiger partial charge in [0.25, 0.3) is 0 Å². The summed E-state index contributed by atoms with van der Waals surface area (Å²) in [5.74, 6) is 2.66. The Balaban J connectivity index is 1.16. The molecule has 6 rings (SSSR count). The van der Waals surface area contributed by atoms with E-state index in [1.807, 2.05) is 42.5 Å². The number of nitrogens with zero attached hydrogens (tertiary/aromatic N) is 3. The van der Waals surface area contributed by atoms with Crippen LogP contribution in [0.4, 0.5) is 28.8 Å². The predicted molar refractivity (Wildman–Crippen MR) is 144 cm³/mol. The normalized spacial score (nSPS) is 14.6. The molecule has 0 bridgehead atoms. The molecule has 182 valence electrons. The van der Waals surface area contributed by atoms with Crippen LogP contribution in [-0.2, 0) is 12.0 Å². The van der Waals surface area contributed by atoms with Gasteiger partial charge in [-0.1, -0.05) is 6.07 Å². The first kappa shape index (κ1) is 22.6. The average molecular weight is 545 g/mol. The molecule has 1 aliphatic heterocycles. The molecule has 1 spiro atoms. The maximum Gasteiger partial charge on any atom is 0.229 e. The molecule has 0 unspecified atom stereocenters. The van der Waals surface area contributed by atoms with Crippen LogP contribution in [0.1, 0.15) is 24.1 Å². The molecular formula is C27H25BrN6O2. The van der Waals surface area contributed by atoms with Gasteiger partial charge >= 0.3 is 0 Å². The van der Waals surface area contributed by atoms with Gasteiger partial charge in [-0.05, 0) is 82.9 Å². The summed E-state index contributed by atoms with van der Waals surface area (Å²) in [5.41, 5.74) is 5.37. The van der Waals surface area contributed by atoms with Crippen LogP contribution in [0.15, 0.2) is 71.5 Å². The largest absolute Gasteiger partial charge is 0.495 e. The molecule has 1 aliphatic carbocycles.